The van der Waals surface area contributed by atoms with Crippen molar-refractivity contribution in [3.63, 3.8) is 0 Å². The van der Waals surface area contributed by atoms with Gasteiger partial charge >= 0.3 is 0 Å². The lowest BCUT2D eigenvalue weighted by atomic mass is 10.0. The maximum atomic E-state index is 11.0. The summed E-state index contributed by atoms with van der Waals surface area (Å²) in [4.78, 5) is 13.0. The van der Waals surface area contributed by atoms with Gasteiger partial charge in [-0.25, -0.2) is 0 Å². The quantitative estimate of drug-likeness (QED) is 0.365. The van der Waals surface area contributed by atoms with Crippen molar-refractivity contribution in [1.82, 2.24) is 10.2 Å². The van der Waals surface area contributed by atoms with Crippen LogP contribution in [-0.4, -0.2) is 35.5 Å². The molecule has 0 amide bonds. The zero-order chi connectivity index (χ0) is 17.0. The number of likely N-dealkylation sites (tertiary alicyclic amines) is 1. The van der Waals surface area contributed by atoms with Crippen molar-refractivity contribution in [3.8, 4) is 0 Å². The lowest BCUT2D eigenvalue weighted by molar-refractivity contribution is -0.384. The van der Waals surface area contributed by atoms with E-state index in [2.05, 4.69) is 23.7 Å². The van der Waals surface area contributed by atoms with Gasteiger partial charge in [0.05, 0.1) is 4.92 Å². The van der Waals surface area contributed by atoms with Gasteiger partial charge in [0.15, 0.2) is 0 Å². The van der Waals surface area contributed by atoms with Gasteiger partial charge in [0.1, 0.15) is 5.69 Å². The molecule has 2 rings (SSSR count). The van der Waals surface area contributed by atoms with E-state index in [4.69, 9.17) is 5.73 Å². The van der Waals surface area contributed by atoms with Gasteiger partial charge in [-0.15, -0.1) is 0 Å². The number of rotatable bonds is 6. The van der Waals surface area contributed by atoms with Gasteiger partial charge in [-0.2, -0.15) is 0 Å². The Hall–Kier alpha value is -1.92. The summed E-state index contributed by atoms with van der Waals surface area (Å²) in [6.07, 6.45) is 2.16. The molecule has 0 saturated carbocycles. The Morgan fingerprint density at radius 3 is 2.74 bits per heavy atom. The summed E-state index contributed by atoms with van der Waals surface area (Å²) in [6, 6.07) is 5.54. The zero-order valence-electron chi connectivity index (χ0n) is 13.9. The molecule has 1 atom stereocenters. The molecule has 0 radical (unpaired) electrons. The molecular formula is C17H26N4O2. The Kier molecular flexibility index (Phi) is 5.74. The first-order chi connectivity index (χ1) is 10.9. The fourth-order valence-corrected chi connectivity index (χ4v) is 3.08. The highest BCUT2D eigenvalue weighted by Crippen LogP contribution is 2.26. The first kappa shape index (κ1) is 17.4. The standard InChI is InChI=1S/C17H26N4O2/c1-12(2)11-20-8-6-15(7-9-20)19-13(3)14-4-5-16(18)17(10-14)21(22)23/h4-5,10,13,15,19H,1,6-9,11,18H2,2-3H3/t13-/m1/s1. The first-order valence-electron chi connectivity index (χ1n) is 8.03. The second kappa shape index (κ2) is 7.57. The van der Waals surface area contributed by atoms with Crippen LogP contribution >= 0.6 is 0 Å². The van der Waals surface area contributed by atoms with Gasteiger partial charge in [-0.1, -0.05) is 18.2 Å². The van der Waals surface area contributed by atoms with Crippen molar-refractivity contribution in [3.05, 3.63) is 46.0 Å². The molecule has 0 aromatic heterocycles. The highest BCUT2D eigenvalue weighted by molar-refractivity contribution is 5.59. The average Bonchev–Trinajstić information content (AvgIpc) is 2.48. The largest absolute Gasteiger partial charge is 0.393 e. The minimum absolute atomic E-state index is 0.0209. The van der Waals surface area contributed by atoms with Gasteiger partial charge in [-0.3, -0.25) is 15.0 Å². The van der Waals surface area contributed by atoms with E-state index < -0.39 is 4.92 Å². The molecule has 0 unspecified atom stereocenters. The van der Waals surface area contributed by atoms with Crippen LogP contribution < -0.4 is 11.1 Å². The number of piperidine rings is 1. The number of anilines is 1. The van der Waals surface area contributed by atoms with E-state index in [0.29, 0.717) is 6.04 Å². The van der Waals surface area contributed by atoms with E-state index in [-0.39, 0.29) is 17.4 Å². The molecule has 0 bridgehead atoms. The first-order valence-corrected chi connectivity index (χ1v) is 8.03. The van der Waals surface area contributed by atoms with Crippen LogP contribution in [0.1, 0.15) is 38.3 Å². The molecule has 1 aromatic carbocycles. The number of nitrogen functional groups attached to an aromatic ring is 1. The molecular weight excluding hydrogens is 292 g/mol. The normalized spacial score (nSPS) is 17.8. The minimum atomic E-state index is -0.429. The number of nitro benzene ring substituents is 1. The van der Waals surface area contributed by atoms with Gasteiger partial charge in [0.25, 0.3) is 5.69 Å². The third-order valence-corrected chi connectivity index (χ3v) is 4.32. The smallest absolute Gasteiger partial charge is 0.292 e. The van der Waals surface area contributed by atoms with Gasteiger partial charge in [-0.05, 0) is 51.4 Å². The van der Waals surface area contributed by atoms with E-state index in [1.54, 1.807) is 12.1 Å². The second-order valence-corrected chi connectivity index (χ2v) is 6.47. The average molecular weight is 318 g/mol. The summed E-state index contributed by atoms with van der Waals surface area (Å²) in [5, 5.41) is 14.6. The number of nitro groups is 1. The van der Waals surface area contributed by atoms with Crippen LogP contribution in [0.5, 0.6) is 0 Å². The molecule has 1 aliphatic rings. The number of nitrogens with zero attached hydrogens (tertiary/aromatic N) is 2. The van der Waals surface area contributed by atoms with Crippen molar-refractivity contribution < 1.29 is 4.92 Å². The summed E-state index contributed by atoms with van der Waals surface area (Å²) in [5.41, 5.74) is 7.93. The van der Waals surface area contributed by atoms with Crippen molar-refractivity contribution in [1.29, 1.82) is 0 Å². The lowest BCUT2D eigenvalue weighted by Crippen LogP contribution is -2.43. The van der Waals surface area contributed by atoms with Crippen LogP contribution in [0.25, 0.3) is 0 Å². The van der Waals surface area contributed by atoms with Crippen LogP contribution in [0.2, 0.25) is 0 Å². The molecule has 1 aromatic rings. The van der Waals surface area contributed by atoms with Crippen molar-refractivity contribution >= 4 is 11.4 Å². The SMILES string of the molecule is C=C(C)CN1CCC(N[C@H](C)c2ccc(N)c([N+](=O)[O-])c2)CC1. The number of nitrogens with one attached hydrogen (secondary N) is 1. The molecule has 1 aliphatic heterocycles. The van der Waals surface area contributed by atoms with Gasteiger partial charge in [0, 0.05) is 24.7 Å². The van der Waals surface area contributed by atoms with Crippen LogP contribution in [0, 0.1) is 10.1 Å². The van der Waals surface area contributed by atoms with Gasteiger partial charge in [0.2, 0.25) is 0 Å². The summed E-state index contributed by atoms with van der Waals surface area (Å²) < 4.78 is 0. The molecule has 3 N–H and O–H groups in total. The highest BCUT2D eigenvalue weighted by Gasteiger charge is 2.22. The predicted molar refractivity (Wildman–Crippen MR) is 93.3 cm³/mol. The van der Waals surface area contributed by atoms with Crippen molar-refractivity contribution in [2.45, 2.75) is 38.8 Å². The molecule has 6 nitrogen and oxygen atoms in total. The molecule has 23 heavy (non-hydrogen) atoms. The molecule has 6 heteroatoms. The zero-order valence-corrected chi connectivity index (χ0v) is 13.9. The Morgan fingerprint density at radius 1 is 1.52 bits per heavy atom. The van der Waals surface area contributed by atoms with E-state index in [1.807, 2.05) is 13.0 Å². The van der Waals surface area contributed by atoms with Crippen LogP contribution in [-0.2, 0) is 0 Å². The topological polar surface area (TPSA) is 84.4 Å². The van der Waals surface area contributed by atoms with E-state index in [9.17, 15) is 10.1 Å². The predicted octanol–water partition coefficient (Wildman–Crippen LogP) is 2.87. The van der Waals surface area contributed by atoms with Crippen LogP contribution in [0.3, 0.4) is 0 Å². The number of hydrogen-bond donors (Lipinski definition) is 2. The van der Waals surface area contributed by atoms with E-state index in [0.717, 1.165) is 38.0 Å². The van der Waals surface area contributed by atoms with Crippen LogP contribution in [0.15, 0.2) is 30.4 Å². The summed E-state index contributed by atoms with van der Waals surface area (Å²) in [6.45, 7) is 11.1. The minimum Gasteiger partial charge on any atom is -0.393 e. The third kappa shape index (κ3) is 4.77. The Balaban J connectivity index is 1.93. The maximum absolute atomic E-state index is 11.0. The third-order valence-electron chi connectivity index (χ3n) is 4.32. The highest BCUT2D eigenvalue weighted by atomic mass is 16.6. The molecule has 0 aliphatic carbocycles. The number of nitrogens with two attached hydrogens (primary N) is 1. The maximum Gasteiger partial charge on any atom is 0.292 e. The number of benzene rings is 1. The van der Waals surface area contributed by atoms with E-state index >= 15 is 0 Å². The second-order valence-electron chi connectivity index (χ2n) is 6.47. The van der Waals surface area contributed by atoms with Crippen LogP contribution in [0.4, 0.5) is 11.4 Å². The van der Waals surface area contributed by atoms with Gasteiger partial charge < -0.3 is 11.1 Å². The fourth-order valence-electron chi connectivity index (χ4n) is 3.08. The Morgan fingerprint density at radius 2 is 2.17 bits per heavy atom. The van der Waals surface area contributed by atoms with Crippen molar-refractivity contribution in [2.75, 3.05) is 25.4 Å². The van der Waals surface area contributed by atoms with E-state index in [1.165, 1.54) is 5.57 Å². The summed E-state index contributed by atoms with van der Waals surface area (Å²) in [7, 11) is 0. The van der Waals surface area contributed by atoms with Crippen molar-refractivity contribution in [2.24, 2.45) is 0 Å². The fraction of sp³-hybridized carbons (Fsp3) is 0.529. The molecule has 1 saturated heterocycles. The Bertz CT molecular complexity index is 580. The monoisotopic (exact) mass is 318 g/mol. The molecule has 1 fully saturated rings. The summed E-state index contributed by atoms with van der Waals surface area (Å²) >= 11 is 0. The number of hydrogen-bond acceptors (Lipinski definition) is 5. The molecule has 126 valence electrons. The summed E-state index contributed by atoms with van der Waals surface area (Å²) in [5.74, 6) is 0. The molecule has 1 heterocycles. The molecule has 0 spiro atoms. The lowest BCUT2D eigenvalue weighted by Gasteiger charge is -2.34. The Labute approximate surface area is 137 Å².